The van der Waals surface area contributed by atoms with Gasteiger partial charge in [0.05, 0.1) is 16.2 Å². The lowest BCUT2D eigenvalue weighted by molar-refractivity contribution is -0.385. The average Bonchev–Trinajstić information content (AvgIpc) is 2.40. The molecule has 0 aliphatic carbocycles. The fourth-order valence-electron chi connectivity index (χ4n) is 1.76. The third-order valence-corrected chi connectivity index (χ3v) is 2.84. The molecule has 0 saturated heterocycles. The smallest absolute Gasteiger partial charge is 0.258 e. The number of rotatable bonds is 3. The minimum Gasteiger partial charge on any atom is -0.258 e. The molecule has 2 aromatic carbocycles. The van der Waals surface area contributed by atoms with Crippen LogP contribution in [0.1, 0.15) is 16.7 Å². The molecule has 4 heteroatoms. The van der Waals surface area contributed by atoms with Crippen molar-refractivity contribution in [2.24, 2.45) is 4.99 Å². The molecule has 0 amide bonds. The molecule has 0 aromatic heterocycles. The molecule has 0 radical (unpaired) electrons. The van der Waals surface area contributed by atoms with Gasteiger partial charge in [-0.15, -0.1) is 0 Å². The van der Waals surface area contributed by atoms with Crippen LogP contribution >= 0.6 is 0 Å². The Morgan fingerprint density at radius 3 is 2.63 bits per heavy atom. The molecule has 0 unspecified atom stereocenters. The zero-order chi connectivity index (χ0) is 13.8. The number of para-hydroxylation sites is 1. The molecule has 0 aliphatic heterocycles. The molecule has 0 saturated carbocycles. The molecular formula is C15H14N2O2. The summed E-state index contributed by atoms with van der Waals surface area (Å²) < 4.78 is 0. The number of aryl methyl sites for hydroxylation is 2. The van der Waals surface area contributed by atoms with Crippen molar-refractivity contribution in [1.82, 2.24) is 0 Å². The number of hydrogen-bond donors (Lipinski definition) is 0. The molecule has 0 fully saturated rings. The van der Waals surface area contributed by atoms with Crippen LogP contribution in [0.3, 0.4) is 0 Å². The number of nitrogens with zero attached hydrogens (tertiary/aromatic N) is 2. The Hall–Kier alpha value is -2.49. The summed E-state index contributed by atoms with van der Waals surface area (Å²) in [6, 6.07) is 12.5. The van der Waals surface area contributed by atoms with Gasteiger partial charge in [0.15, 0.2) is 0 Å². The lowest BCUT2D eigenvalue weighted by Crippen LogP contribution is -1.93. The second kappa shape index (κ2) is 5.44. The van der Waals surface area contributed by atoms with Crippen LogP contribution in [-0.4, -0.2) is 11.1 Å². The maximum atomic E-state index is 10.9. The van der Waals surface area contributed by atoms with Crippen LogP contribution in [0.4, 0.5) is 11.4 Å². The maximum absolute atomic E-state index is 10.9. The summed E-state index contributed by atoms with van der Waals surface area (Å²) in [7, 11) is 0. The van der Waals surface area contributed by atoms with E-state index in [0.29, 0.717) is 5.56 Å². The van der Waals surface area contributed by atoms with E-state index in [4.69, 9.17) is 0 Å². The van der Waals surface area contributed by atoms with Crippen molar-refractivity contribution in [3.8, 4) is 0 Å². The Bertz CT molecular complexity index is 648. The number of benzene rings is 2. The van der Waals surface area contributed by atoms with Crippen LogP contribution < -0.4 is 0 Å². The first-order valence-electron chi connectivity index (χ1n) is 5.92. The van der Waals surface area contributed by atoms with Crippen molar-refractivity contribution in [3.63, 3.8) is 0 Å². The number of hydrogen-bond acceptors (Lipinski definition) is 3. The van der Waals surface area contributed by atoms with Crippen molar-refractivity contribution < 1.29 is 4.92 Å². The highest BCUT2D eigenvalue weighted by molar-refractivity contribution is 5.87. The molecule has 0 bridgehead atoms. The van der Waals surface area contributed by atoms with E-state index in [0.717, 1.165) is 16.8 Å². The summed E-state index contributed by atoms with van der Waals surface area (Å²) in [5.41, 5.74) is 3.56. The van der Waals surface area contributed by atoms with E-state index in [9.17, 15) is 10.1 Å². The quantitative estimate of drug-likeness (QED) is 0.473. The summed E-state index contributed by atoms with van der Waals surface area (Å²) in [5, 5.41) is 10.9. The van der Waals surface area contributed by atoms with E-state index in [1.165, 1.54) is 6.07 Å². The lowest BCUT2D eigenvalue weighted by atomic mass is 10.1. The molecule has 0 N–H and O–H groups in total. The molecule has 0 heterocycles. The lowest BCUT2D eigenvalue weighted by Gasteiger charge is -2.01. The molecule has 2 rings (SSSR count). The van der Waals surface area contributed by atoms with Crippen LogP contribution in [0.5, 0.6) is 0 Å². The Morgan fingerprint density at radius 1 is 1.16 bits per heavy atom. The first-order valence-corrected chi connectivity index (χ1v) is 5.92. The van der Waals surface area contributed by atoms with Crippen LogP contribution in [-0.2, 0) is 0 Å². The SMILES string of the molecule is Cc1ccc(C)c(/N=C\c2ccccc2[N+](=O)[O-])c1. The fraction of sp³-hybridized carbons (Fsp3) is 0.133. The van der Waals surface area contributed by atoms with Gasteiger partial charge in [0.1, 0.15) is 0 Å². The van der Waals surface area contributed by atoms with Crippen LogP contribution in [0.15, 0.2) is 47.5 Å². The van der Waals surface area contributed by atoms with Gasteiger partial charge in [-0.2, -0.15) is 0 Å². The molecule has 96 valence electrons. The Kier molecular flexibility index (Phi) is 3.71. The van der Waals surface area contributed by atoms with Gasteiger partial charge in [-0.3, -0.25) is 15.1 Å². The third-order valence-electron chi connectivity index (χ3n) is 2.84. The van der Waals surface area contributed by atoms with E-state index in [2.05, 4.69) is 4.99 Å². The molecule has 4 nitrogen and oxygen atoms in total. The van der Waals surface area contributed by atoms with Gasteiger partial charge < -0.3 is 0 Å². The first-order chi connectivity index (χ1) is 9.08. The molecule has 19 heavy (non-hydrogen) atoms. The molecule has 0 spiro atoms. The van der Waals surface area contributed by atoms with Crippen LogP contribution in [0, 0.1) is 24.0 Å². The highest BCUT2D eigenvalue weighted by Crippen LogP contribution is 2.21. The highest BCUT2D eigenvalue weighted by atomic mass is 16.6. The Balaban J connectivity index is 2.38. The minimum atomic E-state index is -0.398. The van der Waals surface area contributed by atoms with Gasteiger partial charge in [0, 0.05) is 12.3 Å². The Labute approximate surface area is 111 Å². The van der Waals surface area contributed by atoms with E-state index in [-0.39, 0.29) is 5.69 Å². The average molecular weight is 254 g/mol. The van der Waals surface area contributed by atoms with Crippen LogP contribution in [0.2, 0.25) is 0 Å². The Morgan fingerprint density at radius 2 is 1.89 bits per heavy atom. The van der Waals surface area contributed by atoms with Crippen molar-refractivity contribution >= 4 is 17.6 Å². The van der Waals surface area contributed by atoms with Gasteiger partial charge in [-0.1, -0.05) is 24.3 Å². The zero-order valence-corrected chi connectivity index (χ0v) is 10.8. The summed E-state index contributed by atoms with van der Waals surface area (Å²) in [6.45, 7) is 3.95. The van der Waals surface area contributed by atoms with Gasteiger partial charge in [-0.05, 0) is 37.1 Å². The van der Waals surface area contributed by atoms with E-state index < -0.39 is 4.92 Å². The fourth-order valence-corrected chi connectivity index (χ4v) is 1.76. The zero-order valence-electron chi connectivity index (χ0n) is 10.8. The van der Waals surface area contributed by atoms with Crippen molar-refractivity contribution in [1.29, 1.82) is 0 Å². The third kappa shape index (κ3) is 3.04. The number of nitro groups is 1. The summed E-state index contributed by atoms with van der Waals surface area (Å²) in [5.74, 6) is 0. The largest absolute Gasteiger partial charge is 0.278 e. The predicted octanol–water partition coefficient (Wildman–Crippen LogP) is 3.96. The van der Waals surface area contributed by atoms with Crippen LogP contribution in [0.25, 0.3) is 0 Å². The monoisotopic (exact) mass is 254 g/mol. The standard InChI is InChI=1S/C15H14N2O2/c1-11-7-8-12(2)14(9-11)16-10-13-5-3-4-6-15(13)17(18)19/h3-10H,1-2H3/b16-10-. The summed E-state index contributed by atoms with van der Waals surface area (Å²) >= 11 is 0. The normalized spacial score (nSPS) is 10.8. The van der Waals surface area contributed by atoms with Gasteiger partial charge in [-0.25, -0.2) is 0 Å². The van der Waals surface area contributed by atoms with E-state index >= 15 is 0 Å². The van der Waals surface area contributed by atoms with E-state index in [1.807, 2.05) is 32.0 Å². The summed E-state index contributed by atoms with van der Waals surface area (Å²) in [4.78, 5) is 14.9. The topological polar surface area (TPSA) is 55.5 Å². The first kappa shape index (κ1) is 13.0. The second-order valence-corrected chi connectivity index (χ2v) is 4.36. The van der Waals surface area contributed by atoms with Crippen molar-refractivity contribution in [2.75, 3.05) is 0 Å². The van der Waals surface area contributed by atoms with Gasteiger partial charge >= 0.3 is 0 Å². The minimum absolute atomic E-state index is 0.0663. The molecule has 2 aromatic rings. The molecule has 0 atom stereocenters. The second-order valence-electron chi connectivity index (χ2n) is 4.36. The predicted molar refractivity (Wildman–Crippen MR) is 76.3 cm³/mol. The highest BCUT2D eigenvalue weighted by Gasteiger charge is 2.09. The number of aliphatic imine (C=N–C) groups is 1. The molecule has 0 aliphatic rings. The summed E-state index contributed by atoms with van der Waals surface area (Å²) in [6.07, 6.45) is 1.54. The van der Waals surface area contributed by atoms with Gasteiger partial charge in [0.2, 0.25) is 0 Å². The van der Waals surface area contributed by atoms with E-state index in [1.54, 1.807) is 24.4 Å². The van der Waals surface area contributed by atoms with Crippen molar-refractivity contribution in [3.05, 3.63) is 69.3 Å². The van der Waals surface area contributed by atoms with Gasteiger partial charge in [0.25, 0.3) is 5.69 Å². The number of nitro benzene ring substituents is 1. The van der Waals surface area contributed by atoms with Crippen molar-refractivity contribution in [2.45, 2.75) is 13.8 Å². The molecular weight excluding hydrogens is 240 g/mol. The maximum Gasteiger partial charge on any atom is 0.278 e.